The van der Waals surface area contributed by atoms with E-state index in [1.54, 1.807) is 24.0 Å². The van der Waals surface area contributed by atoms with Crippen LogP contribution >= 0.6 is 0 Å². The molecule has 0 saturated heterocycles. The zero-order valence-electron chi connectivity index (χ0n) is 13.1. The molecule has 1 aliphatic heterocycles. The van der Waals surface area contributed by atoms with E-state index in [2.05, 4.69) is 10.3 Å². The first-order valence-corrected chi connectivity index (χ1v) is 7.98. The monoisotopic (exact) mass is 316 g/mol. The van der Waals surface area contributed by atoms with E-state index in [-0.39, 0.29) is 23.7 Å². The van der Waals surface area contributed by atoms with E-state index >= 15 is 0 Å². The number of hydrogen-bond acceptors (Lipinski definition) is 5. The summed E-state index contributed by atoms with van der Waals surface area (Å²) in [6, 6.07) is 5.96. The van der Waals surface area contributed by atoms with Crippen molar-refractivity contribution in [2.75, 3.05) is 5.32 Å². The number of non-ortho nitro benzene ring substituents is 1. The molecule has 1 atom stereocenters. The average Bonchev–Trinajstić information content (AvgIpc) is 2.83. The summed E-state index contributed by atoms with van der Waals surface area (Å²) in [4.78, 5) is 28.9. The van der Waals surface area contributed by atoms with Gasteiger partial charge in [0.05, 0.1) is 4.92 Å². The second kappa shape index (κ2) is 6.36. The molecule has 7 nitrogen and oxygen atoms in total. The molecule has 1 aromatic rings. The Labute approximate surface area is 134 Å². The minimum Gasteiger partial charge on any atom is -0.326 e. The normalized spacial score (nSPS) is 22.1. The van der Waals surface area contributed by atoms with Crippen LogP contribution < -0.4 is 5.32 Å². The summed E-state index contributed by atoms with van der Waals surface area (Å²) in [5, 5.41) is 13.9. The third-order valence-corrected chi connectivity index (χ3v) is 4.41. The third-order valence-electron chi connectivity index (χ3n) is 4.41. The molecular weight excluding hydrogens is 296 g/mol. The lowest BCUT2D eigenvalue weighted by molar-refractivity contribution is -0.384. The first kappa shape index (κ1) is 15.5. The number of amides is 1. The van der Waals surface area contributed by atoms with Crippen molar-refractivity contribution >= 4 is 23.2 Å². The molecule has 1 saturated carbocycles. The van der Waals surface area contributed by atoms with Crippen molar-refractivity contribution in [1.29, 1.82) is 0 Å². The van der Waals surface area contributed by atoms with Crippen LogP contribution in [0.3, 0.4) is 0 Å². The lowest BCUT2D eigenvalue weighted by Gasteiger charge is -2.32. The fourth-order valence-electron chi connectivity index (χ4n) is 3.19. The van der Waals surface area contributed by atoms with E-state index in [0.29, 0.717) is 11.6 Å². The van der Waals surface area contributed by atoms with Crippen molar-refractivity contribution in [3.8, 4) is 0 Å². The Morgan fingerprint density at radius 2 is 1.87 bits per heavy atom. The van der Waals surface area contributed by atoms with Gasteiger partial charge in [0.2, 0.25) is 5.96 Å². The summed E-state index contributed by atoms with van der Waals surface area (Å²) in [6.07, 6.45) is 5.48. The topological polar surface area (TPSA) is 87.8 Å². The molecule has 0 aromatic heterocycles. The summed E-state index contributed by atoms with van der Waals surface area (Å²) in [5.74, 6) is 0.588. The highest BCUT2D eigenvalue weighted by atomic mass is 16.6. The lowest BCUT2D eigenvalue weighted by atomic mass is 9.94. The lowest BCUT2D eigenvalue weighted by Crippen LogP contribution is -2.46. The van der Waals surface area contributed by atoms with Gasteiger partial charge in [-0.15, -0.1) is 0 Å². The maximum atomic E-state index is 12.4. The molecule has 0 radical (unpaired) electrons. The van der Waals surface area contributed by atoms with Gasteiger partial charge in [0, 0.05) is 23.9 Å². The van der Waals surface area contributed by atoms with Crippen molar-refractivity contribution in [3.63, 3.8) is 0 Å². The van der Waals surface area contributed by atoms with E-state index in [4.69, 9.17) is 0 Å². The predicted molar refractivity (Wildman–Crippen MR) is 87.3 cm³/mol. The van der Waals surface area contributed by atoms with Gasteiger partial charge in [0.1, 0.15) is 6.04 Å². The van der Waals surface area contributed by atoms with Crippen LogP contribution in [0, 0.1) is 10.1 Å². The van der Waals surface area contributed by atoms with Gasteiger partial charge in [-0.05, 0) is 31.9 Å². The molecule has 1 aliphatic carbocycles. The van der Waals surface area contributed by atoms with Crippen LogP contribution in [0.2, 0.25) is 0 Å². The van der Waals surface area contributed by atoms with Crippen LogP contribution in [0.4, 0.5) is 11.4 Å². The van der Waals surface area contributed by atoms with E-state index in [1.807, 2.05) is 0 Å². The van der Waals surface area contributed by atoms with Gasteiger partial charge in [-0.25, -0.2) is 4.99 Å². The number of anilines is 1. The molecule has 1 fully saturated rings. The minimum absolute atomic E-state index is 0.0290. The predicted octanol–water partition coefficient (Wildman–Crippen LogP) is 2.93. The van der Waals surface area contributed by atoms with Crippen LogP contribution in [0.1, 0.15) is 39.0 Å². The number of carbonyl (C=O) groups is 1. The van der Waals surface area contributed by atoms with Crippen LogP contribution in [-0.2, 0) is 4.79 Å². The number of aliphatic imine (C=N–C) groups is 1. The molecule has 0 unspecified atom stereocenters. The molecule has 2 aliphatic rings. The first-order valence-electron chi connectivity index (χ1n) is 7.98. The molecule has 3 rings (SSSR count). The summed E-state index contributed by atoms with van der Waals surface area (Å²) in [6.45, 7) is 1.79. The summed E-state index contributed by atoms with van der Waals surface area (Å²) < 4.78 is 0. The number of nitro groups is 1. The van der Waals surface area contributed by atoms with Crippen molar-refractivity contribution in [2.24, 2.45) is 4.99 Å². The molecular formula is C16H20N4O3. The van der Waals surface area contributed by atoms with E-state index in [9.17, 15) is 14.9 Å². The fraction of sp³-hybridized carbons (Fsp3) is 0.500. The SMILES string of the molecule is C[C@@H]1N=C(Nc2ccc([N+](=O)[O-])cc2)N(C2CCCCC2)C1=O. The highest BCUT2D eigenvalue weighted by molar-refractivity contribution is 6.10. The van der Waals surface area contributed by atoms with Crippen molar-refractivity contribution in [2.45, 2.75) is 51.1 Å². The quantitative estimate of drug-likeness (QED) is 0.686. The summed E-state index contributed by atoms with van der Waals surface area (Å²) >= 11 is 0. The highest BCUT2D eigenvalue weighted by Crippen LogP contribution is 2.27. The van der Waals surface area contributed by atoms with E-state index in [1.165, 1.54) is 18.6 Å². The highest BCUT2D eigenvalue weighted by Gasteiger charge is 2.37. The minimum atomic E-state index is -0.434. The molecule has 122 valence electrons. The Kier molecular flexibility index (Phi) is 4.27. The summed E-state index contributed by atoms with van der Waals surface area (Å²) in [7, 11) is 0. The number of nitrogens with one attached hydrogen (secondary N) is 1. The molecule has 7 heteroatoms. The second-order valence-electron chi connectivity index (χ2n) is 6.06. The van der Waals surface area contributed by atoms with Crippen molar-refractivity contribution in [1.82, 2.24) is 4.90 Å². The van der Waals surface area contributed by atoms with Gasteiger partial charge >= 0.3 is 0 Å². The van der Waals surface area contributed by atoms with Crippen molar-refractivity contribution in [3.05, 3.63) is 34.4 Å². The zero-order chi connectivity index (χ0) is 16.4. The molecule has 23 heavy (non-hydrogen) atoms. The number of carbonyl (C=O) groups excluding carboxylic acids is 1. The van der Waals surface area contributed by atoms with Crippen LogP contribution in [0.15, 0.2) is 29.3 Å². The summed E-state index contributed by atoms with van der Waals surface area (Å²) in [5.41, 5.74) is 0.731. The van der Waals surface area contributed by atoms with Gasteiger partial charge in [-0.3, -0.25) is 19.8 Å². The number of nitro benzene ring substituents is 1. The number of nitrogens with zero attached hydrogens (tertiary/aromatic N) is 3. The van der Waals surface area contributed by atoms with E-state index in [0.717, 1.165) is 25.7 Å². The molecule has 0 bridgehead atoms. The standard InChI is InChI=1S/C16H20N4O3/c1-11-15(21)19(13-5-3-2-4-6-13)16(17-11)18-12-7-9-14(10-8-12)20(22)23/h7-11,13H,2-6H2,1H3,(H,17,18)/t11-/m0/s1. The third kappa shape index (κ3) is 3.18. The molecule has 1 N–H and O–H groups in total. The van der Waals surface area contributed by atoms with Crippen LogP contribution in [0.5, 0.6) is 0 Å². The largest absolute Gasteiger partial charge is 0.326 e. The Morgan fingerprint density at radius 3 is 2.48 bits per heavy atom. The van der Waals surface area contributed by atoms with Crippen LogP contribution in [-0.4, -0.2) is 33.8 Å². The number of hydrogen-bond donors (Lipinski definition) is 1. The van der Waals surface area contributed by atoms with Gasteiger partial charge < -0.3 is 5.32 Å². The van der Waals surface area contributed by atoms with Gasteiger partial charge in [-0.2, -0.15) is 0 Å². The number of benzene rings is 1. The Hall–Kier alpha value is -2.44. The zero-order valence-corrected chi connectivity index (χ0v) is 13.1. The second-order valence-corrected chi connectivity index (χ2v) is 6.06. The van der Waals surface area contributed by atoms with E-state index < -0.39 is 4.92 Å². The first-order chi connectivity index (χ1) is 11.1. The number of rotatable bonds is 3. The Balaban J connectivity index is 1.77. The molecule has 1 aromatic carbocycles. The smallest absolute Gasteiger partial charge is 0.269 e. The van der Waals surface area contributed by atoms with Gasteiger partial charge in [0.15, 0.2) is 0 Å². The molecule has 1 amide bonds. The average molecular weight is 316 g/mol. The molecule has 1 heterocycles. The maximum Gasteiger partial charge on any atom is 0.269 e. The van der Waals surface area contributed by atoms with Gasteiger partial charge in [0.25, 0.3) is 11.6 Å². The fourth-order valence-corrected chi connectivity index (χ4v) is 3.19. The number of guanidine groups is 1. The maximum absolute atomic E-state index is 12.4. The molecule has 0 spiro atoms. The van der Waals surface area contributed by atoms with Crippen LogP contribution in [0.25, 0.3) is 0 Å². The van der Waals surface area contributed by atoms with Gasteiger partial charge in [-0.1, -0.05) is 19.3 Å². The Bertz CT molecular complexity index is 635. The van der Waals surface area contributed by atoms with Crippen molar-refractivity contribution < 1.29 is 9.72 Å². The Morgan fingerprint density at radius 1 is 1.22 bits per heavy atom.